The van der Waals surface area contributed by atoms with Gasteiger partial charge < -0.3 is 4.98 Å². The molecule has 2 heterocycles. The van der Waals surface area contributed by atoms with Crippen molar-refractivity contribution < 1.29 is 0 Å². The summed E-state index contributed by atoms with van der Waals surface area (Å²) in [5.41, 5.74) is 3.90. The summed E-state index contributed by atoms with van der Waals surface area (Å²) in [5, 5.41) is 15.8. The van der Waals surface area contributed by atoms with Crippen LogP contribution in [0.3, 0.4) is 0 Å². The largest absolute Gasteiger partial charge is 0.358 e. The van der Waals surface area contributed by atoms with Crippen LogP contribution in [0.25, 0.3) is 10.9 Å². The van der Waals surface area contributed by atoms with Gasteiger partial charge in [-0.25, -0.2) is 0 Å². The maximum absolute atomic E-state index is 4.14. The zero-order valence-electron chi connectivity index (χ0n) is 9.85. The molecule has 2 N–H and O–H groups in total. The number of nitrogens with zero attached hydrogens (tertiary/aromatic N) is 3. The number of para-hydroxylation sites is 1. The van der Waals surface area contributed by atoms with Crippen molar-refractivity contribution >= 4 is 10.9 Å². The van der Waals surface area contributed by atoms with E-state index in [4.69, 9.17) is 0 Å². The Hall–Kier alpha value is -2.17. The summed E-state index contributed by atoms with van der Waals surface area (Å²) < 4.78 is 0. The van der Waals surface area contributed by atoms with Gasteiger partial charge in [0, 0.05) is 16.6 Å². The van der Waals surface area contributed by atoms with Crippen molar-refractivity contribution in [3.8, 4) is 0 Å². The van der Waals surface area contributed by atoms with Crippen LogP contribution in [0, 0.1) is 0 Å². The second-order valence-corrected chi connectivity index (χ2v) is 4.78. The van der Waals surface area contributed by atoms with E-state index >= 15 is 0 Å². The van der Waals surface area contributed by atoms with E-state index in [1.807, 2.05) is 0 Å². The van der Waals surface area contributed by atoms with Gasteiger partial charge in [0.15, 0.2) is 5.82 Å². The third kappa shape index (κ3) is 1.30. The lowest BCUT2D eigenvalue weighted by Gasteiger charge is -2.19. The molecule has 18 heavy (non-hydrogen) atoms. The molecule has 3 aromatic rings. The fourth-order valence-electron chi connectivity index (χ4n) is 2.99. The molecule has 5 nitrogen and oxygen atoms in total. The van der Waals surface area contributed by atoms with E-state index in [1.54, 1.807) is 0 Å². The Balaban J connectivity index is 1.94. The number of hydrogen-bond donors (Lipinski definition) is 2. The van der Waals surface area contributed by atoms with E-state index in [1.165, 1.54) is 28.6 Å². The molecule has 90 valence electrons. The minimum absolute atomic E-state index is 0.250. The lowest BCUT2D eigenvalue weighted by Crippen LogP contribution is -2.12. The number of benzene rings is 1. The molecule has 0 spiro atoms. The molecule has 1 unspecified atom stereocenters. The van der Waals surface area contributed by atoms with E-state index < -0.39 is 0 Å². The van der Waals surface area contributed by atoms with Crippen molar-refractivity contribution in [1.29, 1.82) is 0 Å². The van der Waals surface area contributed by atoms with Crippen LogP contribution < -0.4 is 0 Å². The Kier molecular flexibility index (Phi) is 2.00. The van der Waals surface area contributed by atoms with Crippen LogP contribution in [0.4, 0.5) is 0 Å². The Bertz CT molecular complexity index is 683. The number of nitrogens with one attached hydrogen (secondary N) is 2. The Morgan fingerprint density at radius 3 is 3.06 bits per heavy atom. The standard InChI is InChI=1S/C13H13N5/c1-2-7-11-8(4-1)9-5-3-6-10(12(9)14-11)13-15-17-18-16-13/h1-2,4,7,10,14H,3,5-6H2,(H,15,16,17,18). The van der Waals surface area contributed by atoms with Gasteiger partial charge in [-0.1, -0.05) is 23.4 Å². The maximum atomic E-state index is 4.14. The predicted octanol–water partition coefficient (Wildman–Crippen LogP) is 2.15. The first-order valence-electron chi connectivity index (χ1n) is 6.26. The first-order chi connectivity index (χ1) is 8.93. The fourth-order valence-corrected chi connectivity index (χ4v) is 2.99. The second kappa shape index (κ2) is 3.66. The summed E-state index contributed by atoms with van der Waals surface area (Å²) in [6, 6.07) is 8.46. The van der Waals surface area contributed by atoms with Gasteiger partial charge in [-0.2, -0.15) is 5.21 Å². The number of rotatable bonds is 1. The summed E-state index contributed by atoms with van der Waals surface area (Å²) in [7, 11) is 0. The maximum Gasteiger partial charge on any atom is 0.183 e. The summed E-state index contributed by atoms with van der Waals surface area (Å²) in [5.74, 6) is 1.04. The van der Waals surface area contributed by atoms with Gasteiger partial charge >= 0.3 is 0 Å². The highest BCUT2D eigenvalue weighted by Crippen LogP contribution is 2.38. The van der Waals surface area contributed by atoms with Gasteiger partial charge in [-0.3, -0.25) is 0 Å². The molecule has 0 bridgehead atoms. The lowest BCUT2D eigenvalue weighted by molar-refractivity contribution is 0.583. The molecule has 1 aliphatic carbocycles. The summed E-state index contributed by atoms with van der Waals surface area (Å²) >= 11 is 0. The average Bonchev–Trinajstić information content (AvgIpc) is 3.05. The van der Waals surface area contributed by atoms with Crippen molar-refractivity contribution in [3.63, 3.8) is 0 Å². The van der Waals surface area contributed by atoms with E-state index in [-0.39, 0.29) is 5.92 Å². The minimum atomic E-state index is 0.250. The highest BCUT2D eigenvalue weighted by Gasteiger charge is 2.27. The molecule has 0 aliphatic heterocycles. The summed E-state index contributed by atoms with van der Waals surface area (Å²) in [6.45, 7) is 0. The zero-order chi connectivity index (χ0) is 11.9. The van der Waals surface area contributed by atoms with E-state index in [2.05, 4.69) is 49.9 Å². The molecule has 1 aromatic carbocycles. The normalized spacial score (nSPS) is 19.0. The number of aromatic nitrogens is 5. The van der Waals surface area contributed by atoms with Gasteiger partial charge in [0.05, 0.1) is 5.92 Å². The molecule has 4 rings (SSSR count). The van der Waals surface area contributed by atoms with Crippen molar-refractivity contribution in [2.45, 2.75) is 25.2 Å². The van der Waals surface area contributed by atoms with Gasteiger partial charge in [-0.05, 0) is 30.9 Å². The molecule has 0 fully saturated rings. The average molecular weight is 239 g/mol. The molecule has 0 radical (unpaired) electrons. The van der Waals surface area contributed by atoms with Crippen LogP contribution in [0.2, 0.25) is 0 Å². The van der Waals surface area contributed by atoms with Crippen LogP contribution in [0.15, 0.2) is 24.3 Å². The van der Waals surface area contributed by atoms with Crippen molar-refractivity contribution in [3.05, 3.63) is 41.3 Å². The molecule has 0 saturated heterocycles. The molecule has 0 saturated carbocycles. The van der Waals surface area contributed by atoms with Gasteiger partial charge in [0.25, 0.3) is 0 Å². The summed E-state index contributed by atoms with van der Waals surface area (Å²) in [6.07, 6.45) is 3.39. The number of aryl methyl sites for hydroxylation is 1. The minimum Gasteiger partial charge on any atom is -0.358 e. The quantitative estimate of drug-likeness (QED) is 0.683. The number of tetrazole rings is 1. The summed E-state index contributed by atoms with van der Waals surface area (Å²) in [4.78, 5) is 3.53. The second-order valence-electron chi connectivity index (χ2n) is 4.78. The zero-order valence-corrected chi connectivity index (χ0v) is 9.85. The van der Waals surface area contributed by atoms with Crippen molar-refractivity contribution in [2.75, 3.05) is 0 Å². The van der Waals surface area contributed by atoms with Gasteiger partial charge in [0.2, 0.25) is 0 Å². The van der Waals surface area contributed by atoms with Crippen LogP contribution in [-0.2, 0) is 6.42 Å². The van der Waals surface area contributed by atoms with Crippen molar-refractivity contribution in [2.24, 2.45) is 0 Å². The van der Waals surface area contributed by atoms with Crippen molar-refractivity contribution in [1.82, 2.24) is 25.6 Å². The first kappa shape index (κ1) is 9.82. The third-order valence-electron chi connectivity index (χ3n) is 3.79. The van der Waals surface area contributed by atoms with Crippen LogP contribution in [0.1, 0.15) is 35.8 Å². The Morgan fingerprint density at radius 2 is 2.17 bits per heavy atom. The number of H-pyrrole nitrogens is 2. The molecule has 2 aromatic heterocycles. The third-order valence-corrected chi connectivity index (χ3v) is 3.79. The molecule has 1 atom stereocenters. The fraction of sp³-hybridized carbons (Fsp3) is 0.308. The lowest BCUT2D eigenvalue weighted by atomic mass is 9.86. The highest BCUT2D eigenvalue weighted by atomic mass is 15.5. The molecule has 5 heteroatoms. The molecule has 1 aliphatic rings. The van der Waals surface area contributed by atoms with E-state index in [9.17, 15) is 0 Å². The Morgan fingerprint density at radius 1 is 1.22 bits per heavy atom. The van der Waals surface area contributed by atoms with E-state index in [0.717, 1.165) is 18.7 Å². The smallest absolute Gasteiger partial charge is 0.183 e. The monoisotopic (exact) mass is 239 g/mol. The van der Waals surface area contributed by atoms with E-state index in [0.29, 0.717) is 0 Å². The SMILES string of the molecule is c1ccc2c3c([nH]c2c1)C(c1nn[nH]n1)CCC3. The predicted molar refractivity (Wildman–Crippen MR) is 67.3 cm³/mol. The number of hydrogen-bond acceptors (Lipinski definition) is 3. The number of fused-ring (bicyclic) bond motifs is 3. The van der Waals surface area contributed by atoms with Crippen LogP contribution in [-0.4, -0.2) is 25.6 Å². The van der Waals surface area contributed by atoms with Gasteiger partial charge in [0.1, 0.15) is 0 Å². The Labute approximate surface area is 104 Å². The first-order valence-corrected chi connectivity index (χ1v) is 6.26. The van der Waals surface area contributed by atoms with Gasteiger partial charge in [-0.15, -0.1) is 10.2 Å². The molecule has 0 amide bonds. The topological polar surface area (TPSA) is 70.2 Å². The highest BCUT2D eigenvalue weighted by molar-refractivity contribution is 5.85. The number of aromatic amines is 2. The molecular weight excluding hydrogens is 226 g/mol. The van der Waals surface area contributed by atoms with Crippen LogP contribution >= 0.6 is 0 Å². The molecular formula is C13H13N5. The van der Waals surface area contributed by atoms with Crippen LogP contribution in [0.5, 0.6) is 0 Å².